The number of halogens is 1. The molecular weight excluding hydrogens is 424 g/mol. The van der Waals surface area contributed by atoms with E-state index in [9.17, 15) is 13.2 Å². The van der Waals surface area contributed by atoms with Gasteiger partial charge < -0.3 is 4.57 Å². The number of amides is 1. The molecule has 2 heterocycles. The number of nitrogens with zero attached hydrogens (tertiary/aromatic N) is 3. The van der Waals surface area contributed by atoms with Crippen LogP contribution < -0.4 is 4.72 Å². The van der Waals surface area contributed by atoms with Crippen LogP contribution in [-0.2, 0) is 21.9 Å². The Balaban J connectivity index is 1.89. The van der Waals surface area contributed by atoms with E-state index in [1.165, 1.54) is 6.08 Å². The lowest BCUT2D eigenvalue weighted by atomic mass is 10.2. The summed E-state index contributed by atoms with van der Waals surface area (Å²) in [5.41, 5.74) is 2.34. The van der Waals surface area contributed by atoms with Crippen molar-refractivity contribution in [1.82, 2.24) is 19.1 Å². The first-order valence-corrected chi connectivity index (χ1v) is 11.8. The van der Waals surface area contributed by atoms with Gasteiger partial charge in [0.1, 0.15) is 5.82 Å². The fourth-order valence-electron chi connectivity index (χ4n) is 3.37. The first-order valence-electron chi connectivity index (χ1n) is 9.75. The van der Waals surface area contributed by atoms with Gasteiger partial charge in [-0.2, -0.15) is 5.10 Å². The predicted molar refractivity (Wildman–Crippen MR) is 120 cm³/mol. The normalized spacial score (nSPS) is 12.1. The molecule has 0 atom stereocenters. The topological polar surface area (TPSA) is 86.0 Å². The van der Waals surface area contributed by atoms with Gasteiger partial charge in [-0.1, -0.05) is 37.4 Å². The molecule has 0 aliphatic heterocycles. The third kappa shape index (κ3) is 4.94. The Morgan fingerprint density at radius 2 is 2.03 bits per heavy atom. The Kier molecular flexibility index (Phi) is 6.67. The highest BCUT2D eigenvalue weighted by Crippen LogP contribution is 2.27. The maximum atomic E-state index is 12.2. The minimum Gasteiger partial charge on any atom is -0.301 e. The van der Waals surface area contributed by atoms with Crippen LogP contribution in [0.5, 0.6) is 0 Å². The van der Waals surface area contributed by atoms with Gasteiger partial charge in [0.05, 0.1) is 17.0 Å². The third-order valence-electron chi connectivity index (χ3n) is 4.79. The Morgan fingerprint density at radius 3 is 2.77 bits per heavy atom. The second kappa shape index (κ2) is 9.06. The van der Waals surface area contributed by atoms with Gasteiger partial charge in [0.15, 0.2) is 0 Å². The molecule has 7 nitrogen and oxygen atoms in total. The number of hydrogen-bond acceptors (Lipinski definition) is 4. The maximum absolute atomic E-state index is 12.2. The van der Waals surface area contributed by atoms with Gasteiger partial charge in [0.25, 0.3) is 5.91 Å². The predicted octanol–water partition coefficient (Wildman–Crippen LogP) is 3.98. The van der Waals surface area contributed by atoms with E-state index in [1.54, 1.807) is 10.8 Å². The second-order valence-corrected chi connectivity index (χ2v) is 9.44. The fourth-order valence-corrected chi connectivity index (χ4v) is 4.60. The van der Waals surface area contributed by atoms with Crippen molar-refractivity contribution in [1.29, 1.82) is 0 Å². The molecule has 3 rings (SSSR count). The van der Waals surface area contributed by atoms with Crippen molar-refractivity contribution in [2.24, 2.45) is 7.05 Å². The van der Waals surface area contributed by atoms with Gasteiger partial charge in [0, 0.05) is 35.3 Å². The second-order valence-electron chi connectivity index (χ2n) is 7.16. The molecule has 0 radical (unpaired) electrons. The van der Waals surface area contributed by atoms with Gasteiger partial charge in [-0.05, 0) is 37.6 Å². The molecule has 0 saturated heterocycles. The number of fused-ring (bicyclic) bond motifs is 1. The smallest absolute Gasteiger partial charge is 0.257 e. The van der Waals surface area contributed by atoms with Crippen LogP contribution in [0.4, 0.5) is 0 Å². The molecule has 1 aromatic carbocycles. The molecule has 0 saturated carbocycles. The molecule has 0 fully saturated rings. The number of carbonyl (C=O) groups is 1. The van der Waals surface area contributed by atoms with Gasteiger partial charge in [-0.15, -0.1) is 0 Å². The zero-order chi connectivity index (χ0) is 21.9. The summed E-state index contributed by atoms with van der Waals surface area (Å²) in [6.07, 6.45) is 6.96. The molecule has 2 aromatic heterocycles. The Morgan fingerprint density at radius 1 is 1.27 bits per heavy atom. The molecule has 0 aliphatic carbocycles. The van der Waals surface area contributed by atoms with E-state index in [0.717, 1.165) is 29.6 Å². The highest BCUT2D eigenvalue weighted by atomic mass is 35.5. The highest BCUT2D eigenvalue weighted by molar-refractivity contribution is 7.90. The number of hydrogen-bond donors (Lipinski definition) is 1. The van der Waals surface area contributed by atoms with Crippen LogP contribution in [0.1, 0.15) is 37.4 Å². The van der Waals surface area contributed by atoms with E-state index in [-0.39, 0.29) is 5.75 Å². The number of rotatable bonds is 8. The zero-order valence-corrected chi connectivity index (χ0v) is 18.8. The largest absolute Gasteiger partial charge is 0.301 e. The number of carbonyl (C=O) groups excluding carboxylic acids is 1. The van der Waals surface area contributed by atoms with Crippen molar-refractivity contribution in [3.8, 4) is 5.82 Å². The van der Waals surface area contributed by atoms with Crippen molar-refractivity contribution >= 4 is 44.5 Å². The molecular formula is C21H25ClN4O3S. The Bertz CT molecular complexity index is 1210. The van der Waals surface area contributed by atoms with E-state index in [1.807, 2.05) is 55.9 Å². The summed E-state index contributed by atoms with van der Waals surface area (Å²) in [7, 11) is -1.83. The van der Waals surface area contributed by atoms with Crippen molar-refractivity contribution in [3.63, 3.8) is 0 Å². The lowest BCUT2D eigenvalue weighted by molar-refractivity contribution is -0.114. The molecule has 0 aliphatic rings. The van der Waals surface area contributed by atoms with E-state index < -0.39 is 15.9 Å². The van der Waals surface area contributed by atoms with Crippen LogP contribution in [0, 0.1) is 6.92 Å². The lowest BCUT2D eigenvalue weighted by Crippen LogP contribution is -2.31. The number of aryl methyl sites for hydroxylation is 2. The van der Waals surface area contributed by atoms with Gasteiger partial charge in [-0.25, -0.2) is 13.1 Å². The summed E-state index contributed by atoms with van der Waals surface area (Å²) in [5.74, 6) is 0.00832. The summed E-state index contributed by atoms with van der Waals surface area (Å²) >= 11 is 6.17. The molecule has 3 aromatic rings. The first-order chi connectivity index (χ1) is 14.2. The van der Waals surface area contributed by atoms with Crippen LogP contribution in [0.3, 0.4) is 0 Å². The van der Waals surface area contributed by atoms with Crippen LogP contribution in [0.2, 0.25) is 5.02 Å². The van der Waals surface area contributed by atoms with Crippen molar-refractivity contribution in [2.75, 3.05) is 5.75 Å². The summed E-state index contributed by atoms with van der Waals surface area (Å²) < 4.78 is 29.8. The van der Waals surface area contributed by atoms with Crippen LogP contribution in [0.25, 0.3) is 22.8 Å². The third-order valence-corrected chi connectivity index (χ3v) is 6.37. The van der Waals surface area contributed by atoms with E-state index >= 15 is 0 Å². The number of sulfonamides is 1. The SMILES string of the molecule is CCCCCS(=O)(=O)NC(=O)C=Cc1c(C)nn(C)c1-n1ccc2ccc(Cl)cc21. The van der Waals surface area contributed by atoms with Crippen molar-refractivity contribution in [3.05, 3.63) is 52.8 Å². The molecule has 0 bridgehead atoms. The molecule has 1 amide bonds. The number of nitrogens with one attached hydrogen (secondary N) is 1. The van der Waals surface area contributed by atoms with Crippen LogP contribution >= 0.6 is 11.6 Å². The van der Waals surface area contributed by atoms with Crippen LogP contribution in [0.15, 0.2) is 36.5 Å². The molecule has 1 N–H and O–H groups in total. The first kappa shape index (κ1) is 22.1. The van der Waals surface area contributed by atoms with Crippen LogP contribution in [-0.4, -0.2) is 34.4 Å². The van der Waals surface area contributed by atoms with Gasteiger partial charge in [0.2, 0.25) is 10.0 Å². The average molecular weight is 449 g/mol. The Hall–Kier alpha value is -2.58. The number of aromatic nitrogens is 3. The molecule has 0 spiro atoms. The fraction of sp³-hybridized carbons (Fsp3) is 0.333. The summed E-state index contributed by atoms with van der Waals surface area (Å²) in [4.78, 5) is 12.2. The number of benzene rings is 1. The highest BCUT2D eigenvalue weighted by Gasteiger charge is 2.16. The van der Waals surface area contributed by atoms with Crippen molar-refractivity contribution in [2.45, 2.75) is 33.1 Å². The van der Waals surface area contributed by atoms with Crippen molar-refractivity contribution < 1.29 is 13.2 Å². The summed E-state index contributed by atoms with van der Waals surface area (Å²) in [5, 5.41) is 6.09. The molecule has 160 valence electrons. The average Bonchev–Trinajstić information content (AvgIpc) is 3.18. The molecule has 30 heavy (non-hydrogen) atoms. The number of unbranched alkanes of at least 4 members (excludes halogenated alkanes) is 2. The quantitative estimate of drug-likeness (QED) is 0.417. The van der Waals surface area contributed by atoms with E-state index in [2.05, 4.69) is 9.82 Å². The monoisotopic (exact) mass is 448 g/mol. The van der Waals surface area contributed by atoms with E-state index in [4.69, 9.17) is 11.6 Å². The molecule has 9 heteroatoms. The molecule has 0 unspecified atom stereocenters. The van der Waals surface area contributed by atoms with Gasteiger partial charge >= 0.3 is 0 Å². The maximum Gasteiger partial charge on any atom is 0.257 e. The minimum absolute atomic E-state index is 0.0618. The summed E-state index contributed by atoms with van der Waals surface area (Å²) in [6.45, 7) is 3.82. The zero-order valence-electron chi connectivity index (χ0n) is 17.2. The Labute approximate surface area is 181 Å². The van der Waals surface area contributed by atoms with E-state index in [0.29, 0.717) is 22.7 Å². The minimum atomic E-state index is -3.64. The summed E-state index contributed by atoms with van der Waals surface area (Å²) in [6, 6.07) is 7.60. The lowest BCUT2D eigenvalue weighted by Gasteiger charge is -2.08. The standard InChI is InChI=1S/C21H25ClN4O3S/c1-4-5-6-13-30(28,29)24-20(27)10-9-18-15(2)23-25(3)21(18)26-12-11-16-7-8-17(22)14-19(16)26/h7-12,14H,4-6,13H2,1-3H3,(H,24,27). The van der Waals surface area contributed by atoms with Gasteiger partial charge in [-0.3, -0.25) is 9.48 Å².